The Morgan fingerprint density at radius 3 is 2.50 bits per heavy atom. The highest BCUT2D eigenvalue weighted by Crippen LogP contribution is 2.27. The molecule has 1 aliphatic rings. The predicted molar refractivity (Wildman–Crippen MR) is 125 cm³/mol. The van der Waals surface area contributed by atoms with Crippen LogP contribution in [-0.2, 0) is 6.54 Å². The van der Waals surface area contributed by atoms with Crippen molar-refractivity contribution >= 4 is 22.3 Å². The fourth-order valence-corrected chi connectivity index (χ4v) is 4.48. The summed E-state index contributed by atoms with van der Waals surface area (Å²) >= 11 is 0. The molecule has 5 heteroatoms. The van der Waals surface area contributed by atoms with E-state index in [2.05, 4.69) is 53.3 Å². The first kappa shape index (κ1) is 20.3. The molecule has 0 bridgehead atoms. The first-order valence-corrected chi connectivity index (χ1v) is 10.9. The molecule has 2 heterocycles. The number of rotatable bonds is 6. The van der Waals surface area contributed by atoms with E-state index in [1.54, 1.807) is 0 Å². The van der Waals surface area contributed by atoms with Gasteiger partial charge in [0, 0.05) is 47.5 Å². The van der Waals surface area contributed by atoms with E-state index in [9.17, 15) is 4.79 Å². The summed E-state index contributed by atoms with van der Waals surface area (Å²) in [5.74, 6) is 2.27. The number of pyridine rings is 1. The van der Waals surface area contributed by atoms with Gasteiger partial charge in [-0.2, -0.15) is 0 Å². The molecule has 1 aromatic heterocycles. The van der Waals surface area contributed by atoms with Crippen LogP contribution in [0.3, 0.4) is 0 Å². The summed E-state index contributed by atoms with van der Waals surface area (Å²) < 4.78 is 5.58. The number of nitrogens with zero attached hydrogens (tertiary/aromatic N) is 1. The molecule has 5 nitrogen and oxygen atoms in total. The van der Waals surface area contributed by atoms with Crippen LogP contribution in [0.25, 0.3) is 10.9 Å². The Labute approximate surface area is 178 Å². The van der Waals surface area contributed by atoms with Crippen LogP contribution in [-0.4, -0.2) is 24.7 Å². The van der Waals surface area contributed by atoms with Crippen LogP contribution in [0, 0.1) is 11.8 Å². The number of hydrogen-bond acceptors (Lipinski definition) is 4. The zero-order valence-electron chi connectivity index (χ0n) is 18.1. The van der Waals surface area contributed by atoms with E-state index in [4.69, 9.17) is 4.74 Å². The number of benzene rings is 2. The molecule has 158 valence electrons. The molecule has 1 saturated heterocycles. The topological polar surface area (TPSA) is 57.4 Å². The molecule has 0 aliphatic carbocycles. The third-order valence-corrected chi connectivity index (χ3v) is 5.79. The lowest BCUT2D eigenvalue weighted by Gasteiger charge is -2.36. The zero-order chi connectivity index (χ0) is 21.1. The van der Waals surface area contributed by atoms with Crippen LogP contribution >= 0.6 is 0 Å². The van der Waals surface area contributed by atoms with Gasteiger partial charge in [-0.1, -0.05) is 13.8 Å². The summed E-state index contributed by atoms with van der Waals surface area (Å²) in [6, 6.07) is 16.2. The van der Waals surface area contributed by atoms with E-state index in [0.29, 0.717) is 18.7 Å². The second-order valence-electron chi connectivity index (χ2n) is 8.56. The largest absolute Gasteiger partial charge is 0.494 e. The SMILES string of the molecule is CCOc1ccc2[nH]c(=O)c(CNc3ccc(N4C[C@H](C)C[C@H](C)C4)cc3)cc2c1. The summed E-state index contributed by atoms with van der Waals surface area (Å²) in [5.41, 5.74) is 3.75. The van der Waals surface area contributed by atoms with Crippen LogP contribution in [0.1, 0.15) is 32.8 Å². The van der Waals surface area contributed by atoms with Crippen molar-refractivity contribution in [2.24, 2.45) is 11.8 Å². The lowest BCUT2D eigenvalue weighted by Crippen LogP contribution is -2.38. The first-order valence-electron chi connectivity index (χ1n) is 10.9. The highest BCUT2D eigenvalue weighted by molar-refractivity contribution is 5.80. The highest BCUT2D eigenvalue weighted by atomic mass is 16.5. The molecule has 2 aromatic carbocycles. The Morgan fingerprint density at radius 2 is 1.80 bits per heavy atom. The van der Waals surface area contributed by atoms with Crippen molar-refractivity contribution in [3.05, 3.63) is 64.4 Å². The summed E-state index contributed by atoms with van der Waals surface area (Å²) in [4.78, 5) is 17.9. The third kappa shape index (κ3) is 4.61. The Hall–Kier alpha value is -2.95. The summed E-state index contributed by atoms with van der Waals surface area (Å²) in [6.07, 6.45) is 1.31. The van der Waals surface area contributed by atoms with Gasteiger partial charge in [-0.25, -0.2) is 0 Å². The van der Waals surface area contributed by atoms with E-state index in [0.717, 1.165) is 47.3 Å². The fraction of sp³-hybridized carbons (Fsp3) is 0.400. The van der Waals surface area contributed by atoms with Crippen molar-refractivity contribution in [1.82, 2.24) is 4.98 Å². The van der Waals surface area contributed by atoms with Crippen molar-refractivity contribution < 1.29 is 4.74 Å². The van der Waals surface area contributed by atoms with Crippen molar-refractivity contribution in [2.75, 3.05) is 29.9 Å². The molecule has 0 saturated carbocycles. The maximum Gasteiger partial charge on any atom is 0.253 e. The number of fused-ring (bicyclic) bond motifs is 1. The lowest BCUT2D eigenvalue weighted by atomic mass is 9.91. The predicted octanol–water partition coefficient (Wildman–Crippen LogP) is 5.02. The summed E-state index contributed by atoms with van der Waals surface area (Å²) in [5, 5.41) is 4.36. The van der Waals surface area contributed by atoms with Crippen LogP contribution < -0.4 is 20.5 Å². The van der Waals surface area contributed by atoms with Gasteiger partial charge in [0.1, 0.15) is 5.75 Å². The summed E-state index contributed by atoms with van der Waals surface area (Å²) in [6.45, 7) is 9.95. The van der Waals surface area contributed by atoms with Gasteiger partial charge < -0.3 is 19.9 Å². The molecule has 2 atom stereocenters. The molecule has 0 unspecified atom stereocenters. The van der Waals surface area contributed by atoms with Gasteiger partial charge in [0.25, 0.3) is 5.56 Å². The second kappa shape index (κ2) is 8.82. The average molecular weight is 406 g/mol. The third-order valence-electron chi connectivity index (χ3n) is 5.79. The van der Waals surface area contributed by atoms with Gasteiger partial charge >= 0.3 is 0 Å². The Kier molecular flexibility index (Phi) is 5.98. The molecule has 0 radical (unpaired) electrons. The molecule has 0 amide bonds. The van der Waals surface area contributed by atoms with Crippen LogP contribution in [0.5, 0.6) is 5.75 Å². The van der Waals surface area contributed by atoms with Crippen molar-refractivity contribution in [1.29, 1.82) is 0 Å². The number of hydrogen-bond donors (Lipinski definition) is 2. The quantitative estimate of drug-likeness (QED) is 0.604. The molecule has 0 spiro atoms. The smallest absolute Gasteiger partial charge is 0.253 e. The van der Waals surface area contributed by atoms with Crippen molar-refractivity contribution in [3.63, 3.8) is 0 Å². The first-order chi connectivity index (χ1) is 14.5. The number of aromatic nitrogens is 1. The number of piperidine rings is 1. The minimum atomic E-state index is -0.0629. The van der Waals surface area contributed by atoms with Crippen LogP contribution in [0.2, 0.25) is 0 Å². The van der Waals surface area contributed by atoms with E-state index >= 15 is 0 Å². The van der Waals surface area contributed by atoms with E-state index in [-0.39, 0.29) is 5.56 Å². The highest BCUT2D eigenvalue weighted by Gasteiger charge is 2.21. The fourth-order valence-electron chi connectivity index (χ4n) is 4.48. The van der Waals surface area contributed by atoms with E-state index < -0.39 is 0 Å². The van der Waals surface area contributed by atoms with Gasteiger partial charge in [-0.15, -0.1) is 0 Å². The Bertz CT molecular complexity index is 1050. The minimum Gasteiger partial charge on any atom is -0.494 e. The number of aromatic amines is 1. The van der Waals surface area contributed by atoms with Crippen LogP contribution in [0.4, 0.5) is 11.4 Å². The van der Waals surface area contributed by atoms with E-state index in [1.807, 2.05) is 31.2 Å². The Balaban J connectivity index is 1.45. The van der Waals surface area contributed by atoms with Gasteiger partial charge in [0.2, 0.25) is 0 Å². The standard InChI is InChI=1S/C25H31N3O2/c1-4-30-23-9-10-24-19(13-23)12-20(25(29)27-24)14-26-21-5-7-22(8-6-21)28-15-17(2)11-18(3)16-28/h5-10,12-13,17-18,26H,4,11,14-16H2,1-3H3,(H,27,29)/t17-,18+. The number of anilines is 2. The molecule has 1 fully saturated rings. The number of ether oxygens (including phenoxy) is 1. The van der Waals surface area contributed by atoms with Gasteiger partial charge in [-0.05, 0) is 73.7 Å². The normalized spacial score (nSPS) is 19.1. The molecular weight excluding hydrogens is 374 g/mol. The van der Waals surface area contributed by atoms with Crippen molar-refractivity contribution in [3.8, 4) is 5.75 Å². The van der Waals surface area contributed by atoms with Gasteiger partial charge in [-0.3, -0.25) is 4.79 Å². The zero-order valence-corrected chi connectivity index (χ0v) is 18.1. The molecule has 30 heavy (non-hydrogen) atoms. The Morgan fingerprint density at radius 1 is 1.07 bits per heavy atom. The average Bonchev–Trinajstić information content (AvgIpc) is 2.72. The summed E-state index contributed by atoms with van der Waals surface area (Å²) in [7, 11) is 0. The number of H-pyrrole nitrogens is 1. The molecule has 3 aromatic rings. The van der Waals surface area contributed by atoms with Gasteiger partial charge in [0.15, 0.2) is 0 Å². The molecular formula is C25H31N3O2. The molecule has 2 N–H and O–H groups in total. The monoisotopic (exact) mass is 405 g/mol. The maximum absolute atomic E-state index is 12.5. The van der Waals surface area contributed by atoms with E-state index in [1.165, 1.54) is 12.1 Å². The maximum atomic E-state index is 12.5. The number of nitrogens with one attached hydrogen (secondary N) is 2. The lowest BCUT2D eigenvalue weighted by molar-refractivity contribution is 0.340. The molecule has 1 aliphatic heterocycles. The van der Waals surface area contributed by atoms with Crippen molar-refractivity contribution in [2.45, 2.75) is 33.7 Å². The van der Waals surface area contributed by atoms with Gasteiger partial charge in [0.05, 0.1) is 6.61 Å². The minimum absolute atomic E-state index is 0.0629. The van der Waals surface area contributed by atoms with Crippen LogP contribution in [0.15, 0.2) is 53.3 Å². The second-order valence-corrected chi connectivity index (χ2v) is 8.56. The molecule has 4 rings (SSSR count).